The van der Waals surface area contributed by atoms with Crippen molar-refractivity contribution in [3.05, 3.63) is 33.7 Å². The highest BCUT2D eigenvalue weighted by Gasteiger charge is 2.24. The van der Waals surface area contributed by atoms with E-state index in [-0.39, 0.29) is 5.56 Å². The van der Waals surface area contributed by atoms with E-state index in [0.29, 0.717) is 6.04 Å². The molecule has 2 heterocycles. The zero-order valence-corrected chi connectivity index (χ0v) is 11.5. The maximum absolute atomic E-state index is 11.3. The fourth-order valence-electron chi connectivity index (χ4n) is 2.92. The van der Waals surface area contributed by atoms with E-state index < -0.39 is 0 Å². The van der Waals surface area contributed by atoms with E-state index in [0.717, 1.165) is 5.56 Å². The predicted molar refractivity (Wildman–Crippen MR) is 74.9 cm³/mol. The van der Waals surface area contributed by atoms with Crippen LogP contribution in [0.1, 0.15) is 56.2 Å². The monoisotopic (exact) mass is 248 g/mol. The third-order valence-electron chi connectivity index (χ3n) is 3.94. The summed E-state index contributed by atoms with van der Waals surface area (Å²) in [6.45, 7) is 6.67. The number of likely N-dealkylation sites (tertiary alicyclic amines) is 1. The summed E-state index contributed by atoms with van der Waals surface area (Å²) in [5.41, 5.74) is 2.45. The minimum atomic E-state index is 0.00664. The number of aromatic amines is 1. The molecule has 0 bridgehead atoms. The molecule has 1 aliphatic rings. The molecule has 0 saturated carbocycles. The molecule has 1 atom stereocenters. The van der Waals surface area contributed by atoms with Crippen molar-refractivity contribution in [2.75, 3.05) is 13.1 Å². The van der Waals surface area contributed by atoms with Crippen molar-refractivity contribution < 1.29 is 0 Å². The van der Waals surface area contributed by atoms with E-state index >= 15 is 0 Å². The summed E-state index contributed by atoms with van der Waals surface area (Å²) in [6, 6.07) is 2.23. The highest BCUT2D eigenvalue weighted by atomic mass is 16.1. The Morgan fingerprint density at radius 3 is 3.00 bits per heavy atom. The zero-order valence-electron chi connectivity index (χ0n) is 11.5. The third kappa shape index (κ3) is 3.02. The van der Waals surface area contributed by atoms with Gasteiger partial charge in [-0.05, 0) is 50.4 Å². The average molecular weight is 248 g/mol. The van der Waals surface area contributed by atoms with Crippen LogP contribution in [0.5, 0.6) is 0 Å². The van der Waals surface area contributed by atoms with Crippen LogP contribution in [0.2, 0.25) is 0 Å². The molecule has 3 heteroatoms. The zero-order chi connectivity index (χ0) is 13.0. The molecular weight excluding hydrogens is 224 g/mol. The molecule has 2 rings (SSSR count). The Bertz CT molecular complexity index is 438. The van der Waals surface area contributed by atoms with Crippen LogP contribution in [0.4, 0.5) is 0 Å². The molecule has 1 aliphatic heterocycles. The first kappa shape index (κ1) is 13.3. The number of hydrogen-bond acceptors (Lipinski definition) is 2. The number of nitrogens with one attached hydrogen (secondary N) is 1. The van der Waals surface area contributed by atoms with Gasteiger partial charge in [0, 0.05) is 18.3 Å². The Kier molecular flexibility index (Phi) is 4.59. The summed E-state index contributed by atoms with van der Waals surface area (Å²) in [5, 5.41) is 0. The number of aryl methyl sites for hydroxylation is 1. The summed E-state index contributed by atoms with van der Waals surface area (Å²) in [7, 11) is 0. The second-order valence-electron chi connectivity index (χ2n) is 5.34. The average Bonchev–Trinajstić information content (AvgIpc) is 2.37. The van der Waals surface area contributed by atoms with Crippen molar-refractivity contribution in [3.8, 4) is 0 Å². The first-order chi connectivity index (χ1) is 8.72. The van der Waals surface area contributed by atoms with Crippen LogP contribution in [0, 0.1) is 6.92 Å². The summed E-state index contributed by atoms with van der Waals surface area (Å²) >= 11 is 0. The first-order valence-corrected chi connectivity index (χ1v) is 7.15. The lowest BCUT2D eigenvalue weighted by Crippen LogP contribution is -2.34. The number of H-pyrrole nitrogens is 1. The van der Waals surface area contributed by atoms with Gasteiger partial charge in [0.25, 0.3) is 0 Å². The van der Waals surface area contributed by atoms with E-state index in [1.54, 1.807) is 6.07 Å². The highest BCUT2D eigenvalue weighted by molar-refractivity contribution is 5.25. The van der Waals surface area contributed by atoms with Crippen LogP contribution in [-0.2, 0) is 0 Å². The summed E-state index contributed by atoms with van der Waals surface area (Å²) in [5.74, 6) is 0. The molecule has 18 heavy (non-hydrogen) atoms. The van der Waals surface area contributed by atoms with Crippen molar-refractivity contribution in [1.82, 2.24) is 9.88 Å². The van der Waals surface area contributed by atoms with E-state index in [1.807, 2.05) is 6.20 Å². The molecule has 0 aromatic carbocycles. The molecule has 100 valence electrons. The Morgan fingerprint density at radius 1 is 1.44 bits per heavy atom. The molecule has 0 aliphatic carbocycles. The quantitative estimate of drug-likeness (QED) is 0.889. The van der Waals surface area contributed by atoms with Crippen molar-refractivity contribution in [2.24, 2.45) is 0 Å². The van der Waals surface area contributed by atoms with Crippen LogP contribution < -0.4 is 5.56 Å². The SMILES string of the molecule is CCCCN1CCCC[C@@H]1c1c[nH]c(=O)cc1C. The Balaban J connectivity index is 2.19. The van der Waals surface area contributed by atoms with Gasteiger partial charge in [0.1, 0.15) is 0 Å². The lowest BCUT2D eigenvalue weighted by atomic mass is 9.93. The lowest BCUT2D eigenvalue weighted by molar-refractivity contribution is 0.146. The second kappa shape index (κ2) is 6.19. The van der Waals surface area contributed by atoms with Gasteiger partial charge < -0.3 is 4.98 Å². The molecule has 1 aromatic rings. The molecule has 1 fully saturated rings. The predicted octanol–water partition coefficient (Wildman–Crippen LogP) is 3.01. The van der Waals surface area contributed by atoms with Crippen LogP contribution in [0.3, 0.4) is 0 Å². The maximum Gasteiger partial charge on any atom is 0.248 e. The van der Waals surface area contributed by atoms with Gasteiger partial charge in [0.15, 0.2) is 0 Å². The fourth-order valence-corrected chi connectivity index (χ4v) is 2.92. The smallest absolute Gasteiger partial charge is 0.248 e. The summed E-state index contributed by atoms with van der Waals surface area (Å²) < 4.78 is 0. The maximum atomic E-state index is 11.3. The largest absolute Gasteiger partial charge is 0.329 e. The number of unbranched alkanes of at least 4 members (excludes halogenated alkanes) is 1. The standard InChI is InChI=1S/C15H24N2O/c1-3-4-8-17-9-6-5-7-14(17)13-11-16-15(18)10-12(13)2/h10-11,14H,3-9H2,1-2H3,(H,16,18)/t14-/m1/s1. The van der Waals surface area contributed by atoms with E-state index in [1.165, 1.54) is 50.8 Å². The van der Waals surface area contributed by atoms with Crippen LogP contribution in [-0.4, -0.2) is 23.0 Å². The Morgan fingerprint density at radius 2 is 2.28 bits per heavy atom. The normalized spacial score (nSPS) is 21.1. The number of aromatic nitrogens is 1. The second-order valence-corrected chi connectivity index (χ2v) is 5.34. The number of piperidine rings is 1. The number of hydrogen-bond donors (Lipinski definition) is 1. The van der Waals surface area contributed by atoms with E-state index in [9.17, 15) is 4.79 Å². The molecule has 0 unspecified atom stereocenters. The molecule has 1 saturated heterocycles. The fraction of sp³-hybridized carbons (Fsp3) is 0.667. The van der Waals surface area contributed by atoms with Crippen LogP contribution in [0.15, 0.2) is 17.1 Å². The molecule has 3 nitrogen and oxygen atoms in total. The lowest BCUT2D eigenvalue weighted by Gasteiger charge is -2.36. The van der Waals surface area contributed by atoms with Gasteiger partial charge in [0.2, 0.25) is 5.56 Å². The van der Waals surface area contributed by atoms with E-state index in [2.05, 4.69) is 23.7 Å². The first-order valence-electron chi connectivity index (χ1n) is 7.15. The summed E-state index contributed by atoms with van der Waals surface area (Å²) in [4.78, 5) is 16.7. The molecule has 0 amide bonds. The van der Waals surface area contributed by atoms with Crippen molar-refractivity contribution >= 4 is 0 Å². The molecule has 0 spiro atoms. The van der Waals surface area contributed by atoms with Crippen molar-refractivity contribution in [2.45, 2.75) is 52.0 Å². The third-order valence-corrected chi connectivity index (χ3v) is 3.94. The van der Waals surface area contributed by atoms with Gasteiger partial charge in [-0.1, -0.05) is 19.8 Å². The highest BCUT2D eigenvalue weighted by Crippen LogP contribution is 2.31. The molecule has 1 N–H and O–H groups in total. The minimum Gasteiger partial charge on any atom is -0.329 e. The van der Waals surface area contributed by atoms with Crippen molar-refractivity contribution in [1.29, 1.82) is 0 Å². The minimum absolute atomic E-state index is 0.00664. The van der Waals surface area contributed by atoms with Gasteiger partial charge in [-0.2, -0.15) is 0 Å². The van der Waals surface area contributed by atoms with E-state index in [4.69, 9.17) is 0 Å². The van der Waals surface area contributed by atoms with Crippen molar-refractivity contribution in [3.63, 3.8) is 0 Å². The van der Waals surface area contributed by atoms with Gasteiger partial charge in [-0.3, -0.25) is 9.69 Å². The number of rotatable bonds is 4. The number of pyridine rings is 1. The van der Waals surface area contributed by atoms with Gasteiger partial charge >= 0.3 is 0 Å². The van der Waals surface area contributed by atoms with Gasteiger partial charge in [-0.15, -0.1) is 0 Å². The molecule has 1 aromatic heterocycles. The Hall–Kier alpha value is -1.09. The summed E-state index contributed by atoms with van der Waals surface area (Å²) in [6.07, 6.45) is 8.25. The molecule has 0 radical (unpaired) electrons. The number of nitrogens with zero attached hydrogens (tertiary/aromatic N) is 1. The topological polar surface area (TPSA) is 36.1 Å². The van der Waals surface area contributed by atoms with Crippen LogP contribution >= 0.6 is 0 Å². The molecular formula is C15H24N2O. The van der Waals surface area contributed by atoms with Gasteiger partial charge in [-0.25, -0.2) is 0 Å². The van der Waals surface area contributed by atoms with Gasteiger partial charge in [0.05, 0.1) is 0 Å². The Labute approximate surface area is 109 Å². The van der Waals surface area contributed by atoms with Crippen LogP contribution in [0.25, 0.3) is 0 Å².